The maximum absolute atomic E-state index is 12.1. The molecule has 1 unspecified atom stereocenters. The highest BCUT2D eigenvalue weighted by molar-refractivity contribution is 6.30. The molecule has 0 aliphatic carbocycles. The third kappa shape index (κ3) is 5.72. The van der Waals surface area contributed by atoms with Crippen molar-refractivity contribution in [2.45, 2.75) is 20.0 Å². The van der Waals surface area contributed by atoms with Crippen LogP contribution in [0.4, 0.5) is 5.69 Å². The van der Waals surface area contributed by atoms with E-state index in [1.807, 2.05) is 0 Å². The third-order valence-electron chi connectivity index (χ3n) is 3.72. The van der Waals surface area contributed by atoms with Gasteiger partial charge in [-0.15, -0.1) is 0 Å². The van der Waals surface area contributed by atoms with Crippen LogP contribution in [0.5, 0.6) is 5.75 Å². The quantitative estimate of drug-likeness (QED) is 0.710. The predicted molar refractivity (Wildman–Crippen MR) is 104 cm³/mol. The highest BCUT2D eigenvalue weighted by Gasteiger charge is 2.19. The molecule has 1 amide bonds. The Morgan fingerprint density at radius 2 is 1.86 bits per heavy atom. The Balaban J connectivity index is 1.90. The molecule has 1 atom stereocenters. The number of nitrogens with one attached hydrogen (secondary N) is 1. The van der Waals surface area contributed by atoms with E-state index < -0.39 is 30.6 Å². The van der Waals surface area contributed by atoms with E-state index >= 15 is 0 Å². The van der Waals surface area contributed by atoms with Crippen LogP contribution in [0.1, 0.15) is 22.8 Å². The van der Waals surface area contributed by atoms with Gasteiger partial charge in [0.2, 0.25) is 0 Å². The Morgan fingerprint density at radius 3 is 2.54 bits per heavy atom. The summed E-state index contributed by atoms with van der Waals surface area (Å²) in [5.41, 5.74) is 1.22. The van der Waals surface area contributed by atoms with Crippen LogP contribution < -0.4 is 10.1 Å². The molecule has 0 aliphatic rings. The lowest BCUT2D eigenvalue weighted by Gasteiger charge is -2.16. The molecule has 0 heterocycles. The van der Waals surface area contributed by atoms with E-state index in [1.54, 1.807) is 43.3 Å². The Hall–Kier alpha value is -3.06. The largest absolute Gasteiger partial charge is 0.479 e. The van der Waals surface area contributed by atoms with Crippen LogP contribution in [-0.2, 0) is 19.1 Å². The molecular formula is C20H20ClNO6. The summed E-state index contributed by atoms with van der Waals surface area (Å²) in [4.78, 5) is 35.8. The molecule has 7 nitrogen and oxygen atoms in total. The van der Waals surface area contributed by atoms with E-state index in [4.69, 9.17) is 21.1 Å². The van der Waals surface area contributed by atoms with Gasteiger partial charge in [-0.05, 0) is 49.7 Å². The van der Waals surface area contributed by atoms with Crippen molar-refractivity contribution in [3.8, 4) is 5.75 Å². The van der Waals surface area contributed by atoms with Crippen LogP contribution in [0, 0.1) is 6.92 Å². The van der Waals surface area contributed by atoms with Crippen LogP contribution in [0.3, 0.4) is 0 Å². The number of aryl methyl sites for hydroxylation is 1. The first-order chi connectivity index (χ1) is 13.3. The van der Waals surface area contributed by atoms with E-state index in [0.717, 1.165) is 5.56 Å². The molecule has 0 saturated heterocycles. The number of hydrogen-bond acceptors (Lipinski definition) is 6. The van der Waals surface area contributed by atoms with Crippen molar-refractivity contribution in [2.24, 2.45) is 0 Å². The molecule has 148 valence electrons. The standard InChI is InChI=1S/C20H20ClNO6/c1-12-10-14(21)8-9-17(12)28-13(2)19(24)27-11-18(23)22-16-7-5-4-6-15(16)20(25)26-3/h4-10,13H,11H2,1-3H3,(H,22,23). The van der Waals surface area contributed by atoms with Gasteiger partial charge in [-0.25, -0.2) is 9.59 Å². The first kappa shape index (κ1) is 21.2. The number of carbonyl (C=O) groups is 3. The number of amides is 1. The third-order valence-corrected chi connectivity index (χ3v) is 3.96. The molecule has 8 heteroatoms. The van der Waals surface area contributed by atoms with E-state index in [-0.39, 0.29) is 11.3 Å². The van der Waals surface area contributed by atoms with Gasteiger partial charge in [-0.1, -0.05) is 23.7 Å². The summed E-state index contributed by atoms with van der Waals surface area (Å²) in [7, 11) is 1.24. The molecule has 0 aliphatic heterocycles. The number of halogens is 1. The van der Waals surface area contributed by atoms with Gasteiger partial charge in [-0.3, -0.25) is 4.79 Å². The lowest BCUT2D eigenvalue weighted by Crippen LogP contribution is -2.30. The molecule has 0 saturated carbocycles. The number of carbonyl (C=O) groups excluding carboxylic acids is 3. The summed E-state index contributed by atoms with van der Waals surface area (Å²) in [6, 6.07) is 11.4. The highest BCUT2D eigenvalue weighted by Crippen LogP contribution is 2.23. The molecule has 2 aromatic rings. The minimum atomic E-state index is -0.921. The zero-order valence-corrected chi connectivity index (χ0v) is 16.4. The maximum atomic E-state index is 12.1. The van der Waals surface area contributed by atoms with Crippen LogP contribution in [0.2, 0.25) is 5.02 Å². The van der Waals surface area contributed by atoms with Gasteiger partial charge in [0, 0.05) is 5.02 Å². The van der Waals surface area contributed by atoms with E-state index in [0.29, 0.717) is 10.8 Å². The Morgan fingerprint density at radius 1 is 1.14 bits per heavy atom. The summed E-state index contributed by atoms with van der Waals surface area (Å²) in [5, 5.41) is 3.07. The average Bonchev–Trinajstić information content (AvgIpc) is 2.68. The van der Waals surface area contributed by atoms with Crippen molar-refractivity contribution in [3.63, 3.8) is 0 Å². The molecule has 1 N–H and O–H groups in total. The van der Waals surface area contributed by atoms with Crippen LogP contribution >= 0.6 is 11.6 Å². The first-order valence-corrected chi connectivity index (χ1v) is 8.76. The maximum Gasteiger partial charge on any atom is 0.347 e. The fourth-order valence-electron chi connectivity index (χ4n) is 2.30. The number of rotatable bonds is 7. The van der Waals surface area contributed by atoms with Crippen molar-refractivity contribution in [1.29, 1.82) is 0 Å². The van der Waals surface area contributed by atoms with Gasteiger partial charge in [0.25, 0.3) is 5.91 Å². The van der Waals surface area contributed by atoms with Crippen molar-refractivity contribution in [1.82, 2.24) is 0 Å². The van der Waals surface area contributed by atoms with Gasteiger partial charge in [0.15, 0.2) is 12.7 Å². The summed E-state index contributed by atoms with van der Waals surface area (Å²) in [6.45, 7) is 2.79. The smallest absolute Gasteiger partial charge is 0.347 e. The SMILES string of the molecule is COC(=O)c1ccccc1NC(=O)COC(=O)C(C)Oc1ccc(Cl)cc1C. The number of anilines is 1. The minimum Gasteiger partial charge on any atom is -0.479 e. The molecule has 28 heavy (non-hydrogen) atoms. The predicted octanol–water partition coefficient (Wildman–Crippen LogP) is 3.38. The fourth-order valence-corrected chi connectivity index (χ4v) is 2.53. The van der Waals surface area contributed by atoms with Crippen molar-refractivity contribution >= 4 is 35.1 Å². The summed E-state index contributed by atoms with van der Waals surface area (Å²) in [6.07, 6.45) is -0.921. The Kier molecular flexibility index (Phi) is 7.40. The lowest BCUT2D eigenvalue weighted by molar-refractivity contribution is -0.153. The summed E-state index contributed by atoms with van der Waals surface area (Å²) >= 11 is 5.89. The monoisotopic (exact) mass is 405 g/mol. The second-order valence-corrected chi connectivity index (χ2v) is 6.30. The van der Waals surface area contributed by atoms with E-state index in [1.165, 1.54) is 20.1 Å². The second kappa shape index (κ2) is 9.75. The Labute approximate surface area is 167 Å². The van der Waals surface area contributed by atoms with E-state index in [2.05, 4.69) is 10.1 Å². The number of hydrogen-bond donors (Lipinski definition) is 1. The zero-order valence-electron chi connectivity index (χ0n) is 15.7. The topological polar surface area (TPSA) is 90.9 Å². The molecule has 0 spiro atoms. The van der Waals surface area contributed by atoms with Crippen molar-refractivity contribution in [2.75, 3.05) is 19.0 Å². The second-order valence-electron chi connectivity index (χ2n) is 5.86. The molecule has 0 aromatic heterocycles. The van der Waals surface area contributed by atoms with Gasteiger partial charge >= 0.3 is 11.9 Å². The van der Waals surface area contributed by atoms with Crippen LogP contribution in [0.25, 0.3) is 0 Å². The summed E-state index contributed by atoms with van der Waals surface area (Å²) in [5.74, 6) is -1.40. The molecule has 0 fully saturated rings. The minimum absolute atomic E-state index is 0.194. The molecular weight excluding hydrogens is 386 g/mol. The fraction of sp³-hybridized carbons (Fsp3) is 0.250. The lowest BCUT2D eigenvalue weighted by atomic mass is 10.2. The molecule has 0 radical (unpaired) electrons. The Bertz CT molecular complexity index is 883. The van der Waals surface area contributed by atoms with Crippen molar-refractivity contribution < 1.29 is 28.6 Å². The number of para-hydroxylation sites is 1. The van der Waals surface area contributed by atoms with E-state index in [9.17, 15) is 14.4 Å². The van der Waals surface area contributed by atoms with Crippen LogP contribution in [-0.4, -0.2) is 37.7 Å². The van der Waals surface area contributed by atoms with Gasteiger partial charge in [-0.2, -0.15) is 0 Å². The first-order valence-electron chi connectivity index (χ1n) is 8.38. The molecule has 0 bridgehead atoms. The highest BCUT2D eigenvalue weighted by atomic mass is 35.5. The average molecular weight is 406 g/mol. The normalized spacial score (nSPS) is 11.3. The summed E-state index contributed by atoms with van der Waals surface area (Å²) < 4.78 is 15.2. The number of ether oxygens (including phenoxy) is 3. The van der Waals surface area contributed by atoms with Gasteiger partial charge in [0.1, 0.15) is 5.75 Å². The zero-order chi connectivity index (χ0) is 20.7. The van der Waals surface area contributed by atoms with Gasteiger partial charge in [0.05, 0.1) is 18.4 Å². The molecule has 2 rings (SSSR count). The number of methoxy groups -OCH3 is 1. The number of benzene rings is 2. The van der Waals surface area contributed by atoms with Gasteiger partial charge < -0.3 is 19.5 Å². The molecule has 2 aromatic carbocycles. The van der Waals surface area contributed by atoms with Crippen LogP contribution in [0.15, 0.2) is 42.5 Å². The van der Waals surface area contributed by atoms with Crippen molar-refractivity contribution in [3.05, 3.63) is 58.6 Å². The number of esters is 2.